The molecule has 1 unspecified atom stereocenters. The molecule has 6 nitrogen and oxygen atoms in total. The molecule has 3 aromatic carbocycles. The monoisotopic (exact) mass is 545 g/mol. The van der Waals surface area contributed by atoms with Gasteiger partial charge in [0, 0.05) is 42.8 Å². The van der Waals surface area contributed by atoms with Gasteiger partial charge in [-0.2, -0.15) is 0 Å². The van der Waals surface area contributed by atoms with Gasteiger partial charge in [0.2, 0.25) is 0 Å². The van der Waals surface area contributed by atoms with Crippen LogP contribution in [0.4, 0.5) is 4.79 Å². The van der Waals surface area contributed by atoms with Gasteiger partial charge in [-0.15, -0.1) is 0 Å². The van der Waals surface area contributed by atoms with E-state index < -0.39 is 0 Å². The molecular weight excluding hydrogens is 518 g/mol. The van der Waals surface area contributed by atoms with Crippen LogP contribution in [0.1, 0.15) is 40.0 Å². The third-order valence-corrected chi connectivity index (χ3v) is 8.13. The summed E-state index contributed by atoms with van der Waals surface area (Å²) in [5, 5.41) is 0.247. The number of carbonyl (C=O) groups excluding carboxylic acids is 3. The van der Waals surface area contributed by atoms with Gasteiger partial charge in [0.15, 0.2) is 0 Å². The molecule has 2 heterocycles. The number of amides is 3. The van der Waals surface area contributed by atoms with Gasteiger partial charge >= 0.3 is 0 Å². The van der Waals surface area contributed by atoms with Crippen molar-refractivity contribution in [3.8, 4) is 0 Å². The van der Waals surface area contributed by atoms with E-state index in [4.69, 9.17) is 11.6 Å². The van der Waals surface area contributed by atoms with E-state index in [9.17, 15) is 14.4 Å². The van der Waals surface area contributed by atoms with Crippen LogP contribution in [0.5, 0.6) is 0 Å². The molecule has 194 valence electrons. The summed E-state index contributed by atoms with van der Waals surface area (Å²) in [5.74, 6) is -0.326. The lowest BCUT2D eigenvalue weighted by Gasteiger charge is -2.38. The number of imide groups is 1. The number of rotatable bonds is 6. The number of carbonyl (C=O) groups is 3. The molecule has 0 aliphatic carbocycles. The fourth-order valence-electron chi connectivity index (χ4n) is 4.76. The fourth-order valence-corrected chi connectivity index (χ4v) is 5.82. The molecule has 3 aromatic rings. The molecule has 38 heavy (non-hydrogen) atoms. The van der Waals surface area contributed by atoms with Crippen molar-refractivity contribution in [3.05, 3.63) is 111 Å². The van der Waals surface area contributed by atoms with E-state index in [0.717, 1.165) is 36.0 Å². The number of halogens is 1. The van der Waals surface area contributed by atoms with Crippen molar-refractivity contribution in [2.24, 2.45) is 0 Å². The molecule has 5 rings (SSSR count). The highest BCUT2D eigenvalue weighted by Gasteiger charge is 2.35. The number of piperazine rings is 1. The minimum Gasteiger partial charge on any atom is -0.336 e. The zero-order valence-electron chi connectivity index (χ0n) is 21.0. The second kappa shape index (κ2) is 11.6. The van der Waals surface area contributed by atoms with Crippen LogP contribution in [0.2, 0.25) is 5.02 Å². The highest BCUT2D eigenvalue weighted by Crippen LogP contribution is 2.33. The average Bonchev–Trinajstić information content (AvgIpc) is 3.20. The van der Waals surface area contributed by atoms with Crippen molar-refractivity contribution < 1.29 is 14.4 Å². The Hall–Kier alpha value is -3.39. The lowest BCUT2D eigenvalue weighted by atomic mass is 10.1. The number of hydrogen-bond acceptors (Lipinski definition) is 5. The van der Waals surface area contributed by atoms with Crippen LogP contribution >= 0.6 is 23.4 Å². The Labute approximate surface area is 231 Å². The Balaban J connectivity index is 1.19. The van der Waals surface area contributed by atoms with Gasteiger partial charge in [0.25, 0.3) is 17.1 Å². The summed E-state index contributed by atoms with van der Waals surface area (Å²) in [5.41, 5.74) is 3.45. The number of hydrogen-bond donors (Lipinski definition) is 0. The lowest BCUT2D eigenvalue weighted by molar-refractivity contribution is -0.123. The van der Waals surface area contributed by atoms with Crippen molar-refractivity contribution in [1.82, 2.24) is 14.7 Å². The Kier molecular flexibility index (Phi) is 7.98. The minimum atomic E-state index is -0.331. The van der Waals surface area contributed by atoms with E-state index in [1.54, 1.807) is 36.4 Å². The molecule has 2 fully saturated rings. The summed E-state index contributed by atoms with van der Waals surface area (Å²) in [6.07, 6.45) is 1.70. The molecule has 0 radical (unpaired) electrons. The van der Waals surface area contributed by atoms with Gasteiger partial charge in [-0.25, -0.2) is 0 Å². The molecule has 3 amide bonds. The third-order valence-electron chi connectivity index (χ3n) is 6.99. The van der Waals surface area contributed by atoms with Gasteiger partial charge in [-0.1, -0.05) is 66.2 Å². The molecular formula is C30H28ClN3O3S. The Bertz CT molecular complexity index is 1370. The summed E-state index contributed by atoms with van der Waals surface area (Å²) in [6, 6.07) is 25.0. The van der Waals surface area contributed by atoms with Gasteiger partial charge < -0.3 is 4.90 Å². The molecule has 0 spiro atoms. The number of benzene rings is 3. The first kappa shape index (κ1) is 26.2. The summed E-state index contributed by atoms with van der Waals surface area (Å²) >= 11 is 6.95. The highest BCUT2D eigenvalue weighted by atomic mass is 35.5. The lowest BCUT2D eigenvalue weighted by Crippen LogP contribution is -2.49. The first-order valence-corrected chi connectivity index (χ1v) is 13.8. The first-order chi connectivity index (χ1) is 18.4. The SMILES string of the molecule is CC(c1ccccc1)N1CCN(C(=O)c2ccc(/C=C3\SC(=O)N(Cc4cccc(Cl)c4)C3=O)cc2)CC1. The van der Waals surface area contributed by atoms with Crippen LogP contribution in [0.25, 0.3) is 6.08 Å². The fraction of sp³-hybridized carbons (Fsp3) is 0.233. The molecule has 2 aliphatic rings. The summed E-state index contributed by atoms with van der Waals surface area (Å²) in [7, 11) is 0. The van der Waals surface area contributed by atoms with Crippen LogP contribution in [0.15, 0.2) is 83.8 Å². The summed E-state index contributed by atoms with van der Waals surface area (Å²) in [4.78, 5) is 44.3. The van der Waals surface area contributed by atoms with Crippen molar-refractivity contribution >= 4 is 46.5 Å². The predicted octanol–water partition coefficient (Wildman–Crippen LogP) is 6.10. The van der Waals surface area contributed by atoms with Crippen LogP contribution in [0.3, 0.4) is 0 Å². The topological polar surface area (TPSA) is 60.9 Å². The largest absolute Gasteiger partial charge is 0.336 e. The van der Waals surface area contributed by atoms with E-state index in [0.29, 0.717) is 34.6 Å². The summed E-state index contributed by atoms with van der Waals surface area (Å²) in [6.45, 7) is 5.38. The van der Waals surface area contributed by atoms with E-state index in [1.807, 2.05) is 29.2 Å². The van der Waals surface area contributed by atoms with Gasteiger partial charge in [-0.3, -0.25) is 24.2 Å². The van der Waals surface area contributed by atoms with Crippen LogP contribution in [0, 0.1) is 0 Å². The zero-order valence-corrected chi connectivity index (χ0v) is 22.6. The van der Waals surface area contributed by atoms with Gasteiger partial charge in [-0.05, 0) is 65.7 Å². The number of thioether (sulfide) groups is 1. The van der Waals surface area contributed by atoms with Crippen molar-refractivity contribution in [1.29, 1.82) is 0 Å². The van der Waals surface area contributed by atoms with Crippen LogP contribution in [-0.4, -0.2) is 57.9 Å². The maximum atomic E-state index is 13.1. The normalized spacial score (nSPS) is 18.3. The van der Waals surface area contributed by atoms with Crippen LogP contribution in [-0.2, 0) is 11.3 Å². The maximum absolute atomic E-state index is 13.1. The quantitative estimate of drug-likeness (QED) is 0.350. The molecule has 2 saturated heterocycles. The molecule has 2 aliphatic heterocycles. The smallest absolute Gasteiger partial charge is 0.293 e. The van der Waals surface area contributed by atoms with Gasteiger partial charge in [0.1, 0.15) is 0 Å². The van der Waals surface area contributed by atoms with Gasteiger partial charge in [0.05, 0.1) is 11.4 Å². The maximum Gasteiger partial charge on any atom is 0.293 e. The second-order valence-corrected chi connectivity index (χ2v) is 10.9. The van der Waals surface area contributed by atoms with E-state index in [2.05, 4.69) is 36.1 Å². The first-order valence-electron chi connectivity index (χ1n) is 12.6. The second-order valence-electron chi connectivity index (χ2n) is 9.43. The van der Waals surface area contributed by atoms with E-state index in [-0.39, 0.29) is 23.6 Å². The standard InChI is InChI=1S/C30H28ClN3O3S/c1-21(24-7-3-2-4-8-24)32-14-16-33(17-15-32)28(35)25-12-10-22(11-13-25)19-27-29(36)34(30(37)38-27)20-23-6-5-9-26(31)18-23/h2-13,18-19,21H,14-17,20H2,1H3/b27-19-. The molecule has 0 N–H and O–H groups in total. The third kappa shape index (κ3) is 5.85. The van der Waals surface area contributed by atoms with Crippen molar-refractivity contribution in [2.75, 3.05) is 26.2 Å². The Morgan fingerprint density at radius 3 is 2.34 bits per heavy atom. The highest BCUT2D eigenvalue weighted by molar-refractivity contribution is 8.18. The Morgan fingerprint density at radius 2 is 1.66 bits per heavy atom. The molecule has 8 heteroatoms. The molecule has 0 saturated carbocycles. The zero-order chi connectivity index (χ0) is 26.6. The van der Waals surface area contributed by atoms with Crippen molar-refractivity contribution in [2.45, 2.75) is 19.5 Å². The Morgan fingerprint density at radius 1 is 0.947 bits per heavy atom. The molecule has 0 aromatic heterocycles. The molecule has 0 bridgehead atoms. The van der Waals surface area contributed by atoms with E-state index >= 15 is 0 Å². The predicted molar refractivity (Wildman–Crippen MR) is 152 cm³/mol. The average molecular weight is 546 g/mol. The van der Waals surface area contributed by atoms with Crippen molar-refractivity contribution in [3.63, 3.8) is 0 Å². The van der Waals surface area contributed by atoms with Crippen LogP contribution < -0.4 is 0 Å². The summed E-state index contributed by atoms with van der Waals surface area (Å²) < 4.78 is 0. The number of nitrogens with zero attached hydrogens (tertiary/aromatic N) is 3. The molecule has 1 atom stereocenters. The van der Waals surface area contributed by atoms with E-state index in [1.165, 1.54) is 10.5 Å². The minimum absolute atomic E-state index is 0.00501.